The van der Waals surface area contributed by atoms with Crippen LogP contribution in [0, 0.1) is 0 Å². The second kappa shape index (κ2) is 6.48. The molecule has 3 rings (SSSR count). The van der Waals surface area contributed by atoms with E-state index >= 15 is 0 Å². The van der Waals surface area contributed by atoms with Crippen molar-refractivity contribution in [2.75, 3.05) is 30.4 Å². The van der Waals surface area contributed by atoms with Gasteiger partial charge in [-0.05, 0) is 42.7 Å². The molecule has 0 atom stereocenters. The van der Waals surface area contributed by atoms with Crippen LogP contribution in [0.4, 0.5) is 11.5 Å². The fraction of sp³-hybridized carbons (Fsp3) is 0.353. The maximum atomic E-state index is 5.26. The van der Waals surface area contributed by atoms with Crippen LogP contribution in [0.5, 0.6) is 5.75 Å². The first-order valence-corrected chi connectivity index (χ1v) is 7.43. The van der Waals surface area contributed by atoms with Crippen LogP contribution in [0.2, 0.25) is 0 Å². The average Bonchev–Trinajstić information content (AvgIpc) is 3.08. The molecule has 2 heterocycles. The lowest BCUT2D eigenvalue weighted by Crippen LogP contribution is -2.20. The molecular formula is C17H21N3O. The minimum Gasteiger partial charge on any atom is -0.497 e. The third kappa shape index (κ3) is 3.27. The Balaban J connectivity index is 1.72. The van der Waals surface area contributed by atoms with Gasteiger partial charge in [-0.1, -0.05) is 12.1 Å². The van der Waals surface area contributed by atoms with E-state index in [1.165, 1.54) is 18.4 Å². The van der Waals surface area contributed by atoms with Crippen LogP contribution in [0.1, 0.15) is 18.4 Å². The lowest BCUT2D eigenvalue weighted by atomic mass is 10.2. The van der Waals surface area contributed by atoms with Crippen molar-refractivity contribution in [2.24, 2.45) is 0 Å². The zero-order chi connectivity index (χ0) is 14.5. The lowest BCUT2D eigenvalue weighted by molar-refractivity contribution is 0.414. The summed E-state index contributed by atoms with van der Waals surface area (Å²) in [5.41, 5.74) is 2.30. The number of nitrogens with one attached hydrogen (secondary N) is 1. The summed E-state index contributed by atoms with van der Waals surface area (Å²) in [6, 6.07) is 12.2. The first-order valence-electron chi connectivity index (χ1n) is 7.43. The van der Waals surface area contributed by atoms with E-state index in [0.29, 0.717) is 0 Å². The molecule has 1 aromatic carbocycles. The van der Waals surface area contributed by atoms with Gasteiger partial charge >= 0.3 is 0 Å². The van der Waals surface area contributed by atoms with Crippen molar-refractivity contribution < 1.29 is 4.74 Å². The molecule has 0 spiro atoms. The number of methoxy groups -OCH3 is 1. The molecule has 0 radical (unpaired) electrons. The van der Waals surface area contributed by atoms with Gasteiger partial charge < -0.3 is 15.0 Å². The average molecular weight is 283 g/mol. The van der Waals surface area contributed by atoms with E-state index in [1.807, 2.05) is 24.4 Å². The molecule has 1 saturated heterocycles. The third-order valence-corrected chi connectivity index (χ3v) is 3.81. The molecule has 1 N–H and O–H groups in total. The molecule has 4 nitrogen and oxygen atoms in total. The van der Waals surface area contributed by atoms with Gasteiger partial charge in [0.1, 0.15) is 5.75 Å². The molecule has 4 heteroatoms. The predicted octanol–water partition coefficient (Wildman–Crippen LogP) is 3.30. The normalized spacial score (nSPS) is 14.2. The third-order valence-electron chi connectivity index (χ3n) is 3.81. The number of pyridine rings is 1. The van der Waals surface area contributed by atoms with Gasteiger partial charge in [-0.25, -0.2) is 4.98 Å². The van der Waals surface area contributed by atoms with Gasteiger partial charge in [0, 0.05) is 25.8 Å². The second-order valence-corrected chi connectivity index (χ2v) is 5.27. The summed E-state index contributed by atoms with van der Waals surface area (Å²) in [6.07, 6.45) is 4.38. The zero-order valence-corrected chi connectivity index (χ0v) is 12.4. The Morgan fingerprint density at radius 2 is 2.05 bits per heavy atom. The van der Waals surface area contributed by atoms with E-state index in [0.717, 1.165) is 36.9 Å². The van der Waals surface area contributed by atoms with Gasteiger partial charge in [-0.15, -0.1) is 0 Å². The first kappa shape index (κ1) is 13.7. The number of ether oxygens (including phenoxy) is 1. The minimum absolute atomic E-state index is 0.768. The quantitative estimate of drug-likeness (QED) is 0.913. The minimum atomic E-state index is 0.768. The monoisotopic (exact) mass is 283 g/mol. The molecule has 1 aromatic heterocycles. The highest BCUT2D eigenvalue weighted by atomic mass is 16.5. The van der Waals surface area contributed by atoms with Crippen LogP contribution >= 0.6 is 0 Å². The number of hydrogen-bond donors (Lipinski definition) is 1. The van der Waals surface area contributed by atoms with Gasteiger partial charge in [0.15, 0.2) is 5.82 Å². The largest absolute Gasteiger partial charge is 0.497 e. The van der Waals surface area contributed by atoms with E-state index in [2.05, 4.69) is 33.4 Å². The number of nitrogens with zero attached hydrogens (tertiary/aromatic N) is 2. The lowest BCUT2D eigenvalue weighted by Gasteiger charge is -2.20. The molecule has 1 aliphatic heterocycles. The smallest absolute Gasteiger partial charge is 0.151 e. The predicted molar refractivity (Wildman–Crippen MR) is 86.0 cm³/mol. The molecule has 0 saturated carbocycles. The van der Waals surface area contributed by atoms with Crippen molar-refractivity contribution in [3.05, 3.63) is 48.2 Å². The van der Waals surface area contributed by atoms with Gasteiger partial charge in [-0.2, -0.15) is 0 Å². The van der Waals surface area contributed by atoms with Gasteiger partial charge in [-0.3, -0.25) is 0 Å². The van der Waals surface area contributed by atoms with E-state index in [9.17, 15) is 0 Å². The van der Waals surface area contributed by atoms with E-state index < -0.39 is 0 Å². The molecule has 1 fully saturated rings. The highest BCUT2D eigenvalue weighted by Crippen LogP contribution is 2.26. The van der Waals surface area contributed by atoms with Crippen molar-refractivity contribution >= 4 is 11.5 Å². The van der Waals surface area contributed by atoms with Gasteiger partial charge in [0.25, 0.3) is 0 Å². The van der Waals surface area contributed by atoms with Crippen LogP contribution in [-0.2, 0) is 6.54 Å². The van der Waals surface area contributed by atoms with E-state index in [4.69, 9.17) is 4.74 Å². The summed E-state index contributed by atoms with van der Waals surface area (Å²) in [5.74, 6) is 1.96. The molecule has 110 valence electrons. The van der Waals surface area contributed by atoms with Crippen molar-refractivity contribution in [1.82, 2.24) is 4.98 Å². The number of aromatic nitrogens is 1. The first-order chi connectivity index (χ1) is 10.4. The van der Waals surface area contributed by atoms with Crippen LogP contribution in [0.25, 0.3) is 0 Å². The highest BCUT2D eigenvalue weighted by molar-refractivity contribution is 5.65. The van der Waals surface area contributed by atoms with Crippen molar-refractivity contribution in [3.8, 4) is 5.75 Å². The molecular weight excluding hydrogens is 262 g/mol. The number of rotatable bonds is 5. The summed E-state index contributed by atoms with van der Waals surface area (Å²) in [7, 11) is 1.69. The molecule has 21 heavy (non-hydrogen) atoms. The zero-order valence-electron chi connectivity index (χ0n) is 12.4. The highest BCUT2D eigenvalue weighted by Gasteiger charge is 2.16. The summed E-state index contributed by atoms with van der Waals surface area (Å²) in [5, 5.41) is 3.50. The number of benzene rings is 1. The molecule has 0 amide bonds. The number of hydrogen-bond acceptors (Lipinski definition) is 4. The number of anilines is 2. The van der Waals surface area contributed by atoms with E-state index in [-0.39, 0.29) is 0 Å². The summed E-state index contributed by atoms with van der Waals surface area (Å²) < 4.78 is 5.26. The Labute approximate surface area is 125 Å². The fourth-order valence-corrected chi connectivity index (χ4v) is 2.70. The summed E-state index contributed by atoms with van der Waals surface area (Å²) in [6.45, 7) is 2.97. The van der Waals surface area contributed by atoms with Crippen molar-refractivity contribution in [3.63, 3.8) is 0 Å². The van der Waals surface area contributed by atoms with Gasteiger partial charge in [0.2, 0.25) is 0 Å². The molecule has 2 aromatic rings. The molecule has 1 aliphatic rings. The standard InChI is InChI=1S/C17H21N3O/c1-21-15-7-4-6-14(12-15)13-19-16-8-5-9-18-17(16)20-10-2-3-11-20/h4-9,12,19H,2-3,10-11,13H2,1H3. The maximum absolute atomic E-state index is 5.26. The molecule has 0 bridgehead atoms. The van der Waals surface area contributed by atoms with Crippen molar-refractivity contribution in [2.45, 2.75) is 19.4 Å². The Morgan fingerprint density at radius 3 is 2.86 bits per heavy atom. The van der Waals surface area contributed by atoms with Gasteiger partial charge in [0.05, 0.1) is 12.8 Å². The Bertz CT molecular complexity index is 594. The Morgan fingerprint density at radius 1 is 1.19 bits per heavy atom. The SMILES string of the molecule is COc1cccc(CNc2cccnc2N2CCCC2)c1. The van der Waals surface area contributed by atoms with E-state index in [1.54, 1.807) is 7.11 Å². The topological polar surface area (TPSA) is 37.4 Å². The fourth-order valence-electron chi connectivity index (χ4n) is 2.70. The van der Waals surface area contributed by atoms with Crippen LogP contribution in [0.3, 0.4) is 0 Å². The van der Waals surface area contributed by atoms with Crippen molar-refractivity contribution in [1.29, 1.82) is 0 Å². The summed E-state index contributed by atoms with van der Waals surface area (Å²) >= 11 is 0. The van der Waals surface area contributed by atoms with Crippen LogP contribution in [0.15, 0.2) is 42.6 Å². The maximum Gasteiger partial charge on any atom is 0.151 e. The second-order valence-electron chi connectivity index (χ2n) is 5.27. The molecule has 0 unspecified atom stereocenters. The summed E-state index contributed by atoms with van der Waals surface area (Å²) in [4.78, 5) is 6.90. The Kier molecular flexibility index (Phi) is 4.24. The molecule has 0 aliphatic carbocycles. The Hall–Kier alpha value is -2.23. The van der Waals surface area contributed by atoms with Crippen LogP contribution < -0.4 is 15.0 Å². The van der Waals surface area contributed by atoms with Crippen LogP contribution in [-0.4, -0.2) is 25.2 Å².